The number of carbonyl (C=O) groups excluding carboxylic acids is 1. The number of ether oxygens (including phenoxy) is 2. The Hall–Kier alpha value is -2.51. The molecule has 7 heteroatoms. The van der Waals surface area contributed by atoms with Crippen LogP contribution in [0.2, 0.25) is 0 Å². The molecule has 0 aliphatic heterocycles. The van der Waals surface area contributed by atoms with Crippen molar-refractivity contribution in [3.05, 3.63) is 53.4 Å². The molecular formula is C20H20N2O3S2. The highest BCUT2D eigenvalue weighted by Crippen LogP contribution is 2.29. The van der Waals surface area contributed by atoms with Gasteiger partial charge < -0.3 is 14.8 Å². The number of benzene rings is 2. The zero-order valence-corrected chi connectivity index (χ0v) is 16.9. The molecule has 2 aromatic carbocycles. The molecule has 3 aromatic rings. The number of aryl methyl sites for hydroxylation is 1. The highest BCUT2D eigenvalue weighted by atomic mass is 32.2. The number of carbonyl (C=O) groups is 1. The van der Waals surface area contributed by atoms with Gasteiger partial charge in [-0.3, -0.25) is 4.79 Å². The van der Waals surface area contributed by atoms with E-state index in [9.17, 15) is 4.79 Å². The molecule has 0 radical (unpaired) electrons. The monoisotopic (exact) mass is 400 g/mol. The average Bonchev–Trinajstić information content (AvgIpc) is 3.15. The molecule has 1 heterocycles. The van der Waals surface area contributed by atoms with Crippen LogP contribution in [0.4, 0.5) is 5.13 Å². The lowest BCUT2D eigenvalue weighted by molar-refractivity contribution is -0.113. The molecule has 1 amide bonds. The van der Waals surface area contributed by atoms with Crippen LogP contribution in [0.15, 0.2) is 52.7 Å². The smallest absolute Gasteiger partial charge is 0.236 e. The topological polar surface area (TPSA) is 60.5 Å². The minimum absolute atomic E-state index is 0.0809. The lowest BCUT2D eigenvalue weighted by Crippen LogP contribution is -2.13. The van der Waals surface area contributed by atoms with E-state index in [1.165, 1.54) is 23.1 Å². The van der Waals surface area contributed by atoms with Gasteiger partial charge in [-0.25, -0.2) is 4.98 Å². The fourth-order valence-corrected chi connectivity index (χ4v) is 3.91. The molecule has 0 saturated carbocycles. The summed E-state index contributed by atoms with van der Waals surface area (Å²) in [6, 6.07) is 13.5. The minimum Gasteiger partial charge on any atom is -0.497 e. The van der Waals surface area contributed by atoms with Gasteiger partial charge in [0, 0.05) is 15.8 Å². The van der Waals surface area contributed by atoms with E-state index >= 15 is 0 Å². The molecule has 0 spiro atoms. The van der Waals surface area contributed by atoms with E-state index in [2.05, 4.69) is 10.3 Å². The van der Waals surface area contributed by atoms with Crippen molar-refractivity contribution in [3.8, 4) is 22.8 Å². The average molecular weight is 401 g/mol. The van der Waals surface area contributed by atoms with Crippen molar-refractivity contribution in [1.82, 2.24) is 4.98 Å². The van der Waals surface area contributed by atoms with Gasteiger partial charge in [0.2, 0.25) is 5.91 Å². The number of methoxy groups -OCH3 is 2. The Morgan fingerprint density at radius 1 is 1.15 bits per heavy atom. The summed E-state index contributed by atoms with van der Waals surface area (Å²) < 4.78 is 10.4. The molecule has 0 bridgehead atoms. The Morgan fingerprint density at radius 3 is 2.59 bits per heavy atom. The fourth-order valence-electron chi connectivity index (χ4n) is 2.48. The molecule has 0 unspecified atom stereocenters. The third-order valence-electron chi connectivity index (χ3n) is 3.87. The van der Waals surface area contributed by atoms with Crippen LogP contribution in [-0.4, -0.2) is 30.9 Å². The summed E-state index contributed by atoms with van der Waals surface area (Å²) in [6.45, 7) is 1.99. The quantitative estimate of drug-likeness (QED) is 0.574. The second kappa shape index (κ2) is 8.92. The number of nitrogens with zero attached hydrogens (tertiary/aromatic N) is 1. The van der Waals surface area contributed by atoms with Crippen molar-refractivity contribution in [2.75, 3.05) is 25.3 Å². The van der Waals surface area contributed by atoms with Crippen molar-refractivity contribution < 1.29 is 14.3 Å². The highest BCUT2D eigenvalue weighted by Gasteiger charge is 2.10. The van der Waals surface area contributed by atoms with Crippen LogP contribution in [0, 0.1) is 6.92 Å². The summed E-state index contributed by atoms with van der Waals surface area (Å²) in [4.78, 5) is 17.7. The second-order valence-electron chi connectivity index (χ2n) is 5.73. The van der Waals surface area contributed by atoms with Gasteiger partial charge in [-0.05, 0) is 55.0 Å². The molecular weight excluding hydrogens is 380 g/mol. The number of anilines is 1. The number of thioether (sulfide) groups is 1. The summed E-state index contributed by atoms with van der Waals surface area (Å²) in [6.07, 6.45) is 0. The van der Waals surface area contributed by atoms with Crippen LogP contribution in [0.3, 0.4) is 0 Å². The number of rotatable bonds is 7. The van der Waals surface area contributed by atoms with E-state index in [0.717, 1.165) is 33.2 Å². The third kappa shape index (κ3) is 5.02. The van der Waals surface area contributed by atoms with E-state index in [4.69, 9.17) is 9.47 Å². The van der Waals surface area contributed by atoms with Crippen LogP contribution in [0.1, 0.15) is 5.56 Å². The van der Waals surface area contributed by atoms with Crippen LogP contribution in [-0.2, 0) is 4.79 Å². The standard InChI is InChI=1S/C20H20N2O3S2/c1-13-10-14(4-9-18(13)25-3)17-11-27-20(21-17)22-19(23)12-26-16-7-5-15(24-2)6-8-16/h4-11H,12H2,1-3H3,(H,21,22,23). The summed E-state index contributed by atoms with van der Waals surface area (Å²) in [5, 5.41) is 5.39. The Kier molecular flexibility index (Phi) is 6.36. The number of thiazole rings is 1. The predicted octanol–water partition coefficient (Wildman–Crippen LogP) is 4.87. The van der Waals surface area contributed by atoms with Gasteiger partial charge in [0.15, 0.2) is 5.13 Å². The molecule has 1 aromatic heterocycles. The number of aromatic nitrogens is 1. The van der Waals surface area contributed by atoms with Crippen molar-refractivity contribution in [3.63, 3.8) is 0 Å². The highest BCUT2D eigenvalue weighted by molar-refractivity contribution is 8.00. The Morgan fingerprint density at radius 2 is 1.93 bits per heavy atom. The summed E-state index contributed by atoms with van der Waals surface area (Å²) in [5.74, 6) is 1.89. The summed E-state index contributed by atoms with van der Waals surface area (Å²) in [5.41, 5.74) is 2.88. The molecule has 0 aliphatic rings. The van der Waals surface area contributed by atoms with Gasteiger partial charge in [0.25, 0.3) is 0 Å². The van der Waals surface area contributed by atoms with Crippen molar-refractivity contribution >= 4 is 34.1 Å². The first-order valence-electron chi connectivity index (χ1n) is 8.26. The molecule has 1 N–H and O–H groups in total. The van der Waals surface area contributed by atoms with Crippen LogP contribution in [0.25, 0.3) is 11.3 Å². The Balaban J connectivity index is 1.58. The zero-order valence-electron chi connectivity index (χ0n) is 15.3. The van der Waals surface area contributed by atoms with Gasteiger partial charge >= 0.3 is 0 Å². The van der Waals surface area contributed by atoms with Crippen molar-refractivity contribution in [2.45, 2.75) is 11.8 Å². The van der Waals surface area contributed by atoms with Crippen LogP contribution < -0.4 is 14.8 Å². The Labute approximate surface area is 166 Å². The molecule has 0 aliphatic carbocycles. The van der Waals surface area contributed by atoms with E-state index in [-0.39, 0.29) is 5.91 Å². The zero-order chi connectivity index (χ0) is 19.2. The van der Waals surface area contributed by atoms with Gasteiger partial charge in [-0.15, -0.1) is 23.1 Å². The van der Waals surface area contributed by atoms with E-state index in [1.54, 1.807) is 14.2 Å². The molecule has 3 rings (SSSR count). The maximum Gasteiger partial charge on any atom is 0.236 e. The second-order valence-corrected chi connectivity index (χ2v) is 7.64. The normalized spacial score (nSPS) is 10.5. The molecule has 5 nitrogen and oxygen atoms in total. The van der Waals surface area contributed by atoms with E-state index in [1.807, 2.05) is 54.8 Å². The summed E-state index contributed by atoms with van der Waals surface area (Å²) >= 11 is 2.89. The SMILES string of the molecule is COc1ccc(SCC(=O)Nc2nc(-c3ccc(OC)c(C)c3)cs2)cc1. The van der Waals surface area contributed by atoms with Crippen molar-refractivity contribution in [2.24, 2.45) is 0 Å². The lowest BCUT2D eigenvalue weighted by Gasteiger charge is -2.05. The summed E-state index contributed by atoms with van der Waals surface area (Å²) in [7, 11) is 3.29. The van der Waals surface area contributed by atoms with Crippen LogP contribution in [0.5, 0.6) is 11.5 Å². The van der Waals surface area contributed by atoms with Gasteiger partial charge in [0.05, 0.1) is 25.7 Å². The van der Waals surface area contributed by atoms with Crippen LogP contribution >= 0.6 is 23.1 Å². The van der Waals surface area contributed by atoms with Gasteiger partial charge in [-0.1, -0.05) is 0 Å². The van der Waals surface area contributed by atoms with Gasteiger partial charge in [0.1, 0.15) is 11.5 Å². The number of amides is 1. The molecule has 0 fully saturated rings. The molecule has 0 atom stereocenters. The first kappa shape index (κ1) is 19.3. The molecule has 27 heavy (non-hydrogen) atoms. The molecule has 0 saturated heterocycles. The largest absolute Gasteiger partial charge is 0.497 e. The van der Waals surface area contributed by atoms with Gasteiger partial charge in [-0.2, -0.15) is 0 Å². The number of nitrogens with one attached hydrogen (secondary N) is 1. The van der Waals surface area contributed by atoms with E-state index in [0.29, 0.717) is 10.9 Å². The minimum atomic E-state index is -0.0809. The van der Waals surface area contributed by atoms with E-state index < -0.39 is 0 Å². The Bertz CT molecular complexity index is 923. The maximum atomic E-state index is 12.2. The first-order chi connectivity index (χ1) is 13.1. The first-order valence-corrected chi connectivity index (χ1v) is 10.1. The fraction of sp³-hybridized carbons (Fsp3) is 0.200. The third-order valence-corrected chi connectivity index (χ3v) is 5.64. The number of hydrogen-bond donors (Lipinski definition) is 1. The van der Waals surface area contributed by atoms with Crippen molar-refractivity contribution in [1.29, 1.82) is 0 Å². The maximum absolute atomic E-state index is 12.2. The predicted molar refractivity (Wildman–Crippen MR) is 111 cm³/mol. The molecule has 140 valence electrons. The number of hydrogen-bond acceptors (Lipinski definition) is 6. The lowest BCUT2D eigenvalue weighted by atomic mass is 10.1.